The molecule has 1 aromatic heterocycles. The highest BCUT2D eigenvalue weighted by atomic mass is 79.9. The van der Waals surface area contributed by atoms with E-state index in [4.69, 9.17) is 0 Å². The standard InChI is InChI=1S/C15H18BrNS/c1-11-5-3-4-6-14(11)13(9-16)7-8-15-12(2)17-10-18-15/h3-6,10,13H,7-9H2,1-2H3. The number of alkyl halides is 1. The fourth-order valence-electron chi connectivity index (χ4n) is 2.23. The molecule has 1 heterocycles. The van der Waals surface area contributed by atoms with Crippen molar-refractivity contribution in [2.24, 2.45) is 0 Å². The van der Waals surface area contributed by atoms with E-state index < -0.39 is 0 Å². The Labute approximate surface area is 121 Å². The third-order valence-electron chi connectivity index (χ3n) is 3.38. The van der Waals surface area contributed by atoms with Gasteiger partial charge >= 0.3 is 0 Å². The monoisotopic (exact) mass is 323 g/mol. The number of benzene rings is 1. The van der Waals surface area contributed by atoms with Gasteiger partial charge in [-0.15, -0.1) is 11.3 Å². The third-order valence-corrected chi connectivity index (χ3v) is 5.16. The van der Waals surface area contributed by atoms with Gasteiger partial charge in [0.25, 0.3) is 0 Å². The molecule has 0 spiro atoms. The summed E-state index contributed by atoms with van der Waals surface area (Å²) in [6, 6.07) is 8.69. The zero-order valence-corrected chi connectivity index (χ0v) is 13.2. The normalized spacial score (nSPS) is 12.6. The smallest absolute Gasteiger partial charge is 0.0797 e. The molecule has 0 aliphatic rings. The van der Waals surface area contributed by atoms with E-state index in [-0.39, 0.29) is 0 Å². The average Bonchev–Trinajstić information content (AvgIpc) is 2.78. The lowest BCUT2D eigenvalue weighted by Gasteiger charge is -2.16. The van der Waals surface area contributed by atoms with Crippen LogP contribution >= 0.6 is 27.3 Å². The second kappa shape index (κ2) is 6.48. The van der Waals surface area contributed by atoms with Gasteiger partial charge in [-0.3, -0.25) is 0 Å². The van der Waals surface area contributed by atoms with Crippen LogP contribution in [-0.4, -0.2) is 10.3 Å². The van der Waals surface area contributed by atoms with Crippen molar-refractivity contribution in [1.82, 2.24) is 4.98 Å². The molecule has 1 nitrogen and oxygen atoms in total. The van der Waals surface area contributed by atoms with Crippen LogP contribution < -0.4 is 0 Å². The highest BCUT2D eigenvalue weighted by molar-refractivity contribution is 9.09. The first kappa shape index (κ1) is 13.8. The van der Waals surface area contributed by atoms with Crippen molar-refractivity contribution in [3.05, 3.63) is 51.5 Å². The van der Waals surface area contributed by atoms with E-state index in [1.165, 1.54) is 28.1 Å². The summed E-state index contributed by atoms with van der Waals surface area (Å²) in [5.74, 6) is 0.590. The Morgan fingerprint density at radius 2 is 2.06 bits per heavy atom. The summed E-state index contributed by atoms with van der Waals surface area (Å²) >= 11 is 5.43. The van der Waals surface area contributed by atoms with E-state index in [0.29, 0.717) is 5.92 Å². The summed E-state index contributed by atoms with van der Waals surface area (Å²) in [7, 11) is 0. The van der Waals surface area contributed by atoms with Gasteiger partial charge in [-0.1, -0.05) is 40.2 Å². The Bertz CT molecular complexity index is 507. The van der Waals surface area contributed by atoms with Crippen molar-refractivity contribution in [3.8, 4) is 0 Å². The summed E-state index contributed by atoms with van der Waals surface area (Å²) < 4.78 is 0. The highest BCUT2D eigenvalue weighted by Gasteiger charge is 2.13. The number of halogens is 1. The molecule has 0 fully saturated rings. The van der Waals surface area contributed by atoms with Crippen LogP contribution in [0.25, 0.3) is 0 Å². The van der Waals surface area contributed by atoms with E-state index in [1.807, 2.05) is 5.51 Å². The minimum Gasteiger partial charge on any atom is -0.250 e. The Balaban J connectivity index is 2.07. The van der Waals surface area contributed by atoms with Crippen LogP contribution in [-0.2, 0) is 6.42 Å². The molecule has 96 valence electrons. The number of nitrogens with zero attached hydrogens (tertiary/aromatic N) is 1. The first-order valence-electron chi connectivity index (χ1n) is 6.22. The van der Waals surface area contributed by atoms with Crippen molar-refractivity contribution < 1.29 is 0 Å². The van der Waals surface area contributed by atoms with Gasteiger partial charge < -0.3 is 0 Å². The van der Waals surface area contributed by atoms with E-state index in [2.05, 4.69) is 59.0 Å². The molecule has 0 radical (unpaired) electrons. The Morgan fingerprint density at radius 1 is 1.28 bits per heavy atom. The molecule has 1 atom stereocenters. The minimum atomic E-state index is 0.590. The van der Waals surface area contributed by atoms with E-state index in [0.717, 1.165) is 11.8 Å². The maximum atomic E-state index is 4.32. The molecule has 2 aromatic rings. The summed E-state index contributed by atoms with van der Waals surface area (Å²) in [5.41, 5.74) is 6.00. The lowest BCUT2D eigenvalue weighted by molar-refractivity contribution is 0.690. The van der Waals surface area contributed by atoms with Gasteiger partial charge in [0, 0.05) is 10.2 Å². The van der Waals surface area contributed by atoms with Crippen LogP contribution in [0.4, 0.5) is 0 Å². The number of hydrogen-bond acceptors (Lipinski definition) is 2. The first-order valence-corrected chi connectivity index (χ1v) is 8.23. The Kier molecular flexibility index (Phi) is 4.95. The number of thiazole rings is 1. The molecule has 0 amide bonds. The van der Waals surface area contributed by atoms with E-state index >= 15 is 0 Å². The fourth-order valence-corrected chi connectivity index (χ4v) is 3.70. The Hall–Kier alpha value is -0.670. The Morgan fingerprint density at radius 3 is 2.67 bits per heavy atom. The number of aryl methyl sites for hydroxylation is 3. The minimum absolute atomic E-state index is 0.590. The molecule has 0 saturated heterocycles. The predicted molar refractivity (Wildman–Crippen MR) is 82.9 cm³/mol. The molecule has 0 aliphatic carbocycles. The number of rotatable bonds is 5. The van der Waals surface area contributed by atoms with Crippen molar-refractivity contribution in [2.45, 2.75) is 32.6 Å². The quantitative estimate of drug-likeness (QED) is 0.715. The zero-order chi connectivity index (χ0) is 13.0. The zero-order valence-electron chi connectivity index (χ0n) is 10.8. The van der Waals surface area contributed by atoms with Gasteiger partial charge in [-0.05, 0) is 43.7 Å². The maximum Gasteiger partial charge on any atom is 0.0797 e. The highest BCUT2D eigenvalue weighted by Crippen LogP contribution is 2.27. The molecular weight excluding hydrogens is 306 g/mol. The molecule has 0 N–H and O–H groups in total. The van der Waals surface area contributed by atoms with Gasteiger partial charge in [-0.25, -0.2) is 4.98 Å². The molecule has 2 rings (SSSR count). The van der Waals surface area contributed by atoms with Crippen LogP contribution in [0, 0.1) is 13.8 Å². The van der Waals surface area contributed by atoms with E-state index in [9.17, 15) is 0 Å². The van der Waals surface area contributed by atoms with Crippen molar-refractivity contribution in [1.29, 1.82) is 0 Å². The molecule has 18 heavy (non-hydrogen) atoms. The average molecular weight is 324 g/mol. The molecule has 1 aromatic carbocycles. The van der Waals surface area contributed by atoms with Crippen molar-refractivity contribution in [2.75, 3.05) is 5.33 Å². The summed E-state index contributed by atoms with van der Waals surface area (Å²) in [6.45, 7) is 4.30. The predicted octanol–water partition coefficient (Wildman–Crippen LogP) is 4.87. The van der Waals surface area contributed by atoms with Crippen molar-refractivity contribution >= 4 is 27.3 Å². The largest absolute Gasteiger partial charge is 0.250 e. The SMILES string of the molecule is Cc1ccccc1C(CBr)CCc1scnc1C. The summed E-state index contributed by atoms with van der Waals surface area (Å²) in [5, 5.41) is 1.02. The first-order chi connectivity index (χ1) is 8.72. The lowest BCUT2D eigenvalue weighted by Crippen LogP contribution is -2.04. The topological polar surface area (TPSA) is 12.9 Å². The van der Waals surface area contributed by atoms with Gasteiger partial charge in [0.15, 0.2) is 0 Å². The van der Waals surface area contributed by atoms with E-state index in [1.54, 1.807) is 11.3 Å². The summed E-state index contributed by atoms with van der Waals surface area (Å²) in [6.07, 6.45) is 2.31. The van der Waals surface area contributed by atoms with Crippen LogP contribution in [0.3, 0.4) is 0 Å². The second-order valence-corrected chi connectivity index (χ2v) is 6.19. The van der Waals surface area contributed by atoms with Gasteiger partial charge in [-0.2, -0.15) is 0 Å². The van der Waals surface area contributed by atoms with Crippen molar-refractivity contribution in [3.63, 3.8) is 0 Å². The van der Waals surface area contributed by atoms with Crippen LogP contribution in [0.2, 0.25) is 0 Å². The van der Waals surface area contributed by atoms with Crippen LogP contribution in [0.15, 0.2) is 29.8 Å². The molecular formula is C15H18BrNS. The van der Waals surface area contributed by atoms with Gasteiger partial charge in [0.1, 0.15) is 0 Å². The van der Waals surface area contributed by atoms with Crippen LogP contribution in [0.1, 0.15) is 34.0 Å². The molecule has 0 saturated carbocycles. The third kappa shape index (κ3) is 3.21. The second-order valence-electron chi connectivity index (χ2n) is 4.61. The van der Waals surface area contributed by atoms with Gasteiger partial charge in [0.05, 0.1) is 11.2 Å². The lowest BCUT2D eigenvalue weighted by atomic mass is 9.92. The maximum absolute atomic E-state index is 4.32. The number of aromatic nitrogens is 1. The molecule has 1 unspecified atom stereocenters. The van der Waals surface area contributed by atoms with Crippen LogP contribution in [0.5, 0.6) is 0 Å². The molecule has 0 aliphatic heterocycles. The fraction of sp³-hybridized carbons (Fsp3) is 0.400. The molecule has 3 heteroatoms. The van der Waals surface area contributed by atoms with Gasteiger partial charge in [0.2, 0.25) is 0 Å². The summed E-state index contributed by atoms with van der Waals surface area (Å²) in [4.78, 5) is 5.74. The number of hydrogen-bond donors (Lipinski definition) is 0. The molecule has 0 bridgehead atoms.